The van der Waals surface area contributed by atoms with Gasteiger partial charge < -0.3 is 15.2 Å². The van der Waals surface area contributed by atoms with Gasteiger partial charge in [-0.2, -0.15) is 0 Å². The first-order valence-electron chi connectivity index (χ1n) is 9.03. The molecule has 2 aromatic carbocycles. The molecule has 0 aliphatic heterocycles. The topological polar surface area (TPSA) is 44.5 Å². The van der Waals surface area contributed by atoms with Crippen LogP contribution < -0.4 is 5.73 Å². The average molecular weight is 351 g/mol. The van der Waals surface area contributed by atoms with Crippen molar-refractivity contribution >= 4 is 12.2 Å². The average Bonchev–Trinajstić information content (AvgIpc) is 2.68. The van der Waals surface area contributed by atoms with Gasteiger partial charge in [0.2, 0.25) is 0 Å². The molecule has 2 rings (SSSR count). The molecule has 26 heavy (non-hydrogen) atoms. The zero-order valence-corrected chi connectivity index (χ0v) is 15.4. The van der Waals surface area contributed by atoms with Crippen molar-refractivity contribution in [1.82, 2.24) is 0 Å². The van der Waals surface area contributed by atoms with Crippen molar-refractivity contribution in [1.29, 1.82) is 0 Å². The lowest BCUT2D eigenvalue weighted by atomic mass is 10.1. The van der Waals surface area contributed by atoms with Crippen molar-refractivity contribution in [3.63, 3.8) is 0 Å². The van der Waals surface area contributed by atoms with Gasteiger partial charge in [-0.15, -0.1) is 0 Å². The summed E-state index contributed by atoms with van der Waals surface area (Å²) in [7, 11) is 0. The van der Waals surface area contributed by atoms with Crippen molar-refractivity contribution in [2.75, 3.05) is 19.8 Å². The van der Waals surface area contributed by atoms with Crippen LogP contribution in [-0.4, -0.2) is 19.8 Å². The molecule has 138 valence electrons. The van der Waals surface area contributed by atoms with Crippen LogP contribution in [0.3, 0.4) is 0 Å². The molecule has 0 fully saturated rings. The van der Waals surface area contributed by atoms with Crippen LogP contribution in [0, 0.1) is 5.92 Å². The third-order valence-electron chi connectivity index (χ3n) is 4.22. The lowest BCUT2D eigenvalue weighted by molar-refractivity contribution is 0.0249. The number of hydrogen-bond acceptors (Lipinski definition) is 3. The Kier molecular flexibility index (Phi) is 8.84. The molecule has 0 saturated heterocycles. The highest BCUT2D eigenvalue weighted by molar-refractivity contribution is 5.48. The van der Waals surface area contributed by atoms with Crippen molar-refractivity contribution in [2.24, 2.45) is 11.7 Å². The molecule has 0 heterocycles. The molecule has 2 aromatic rings. The highest BCUT2D eigenvalue weighted by Crippen LogP contribution is 2.12. The maximum atomic E-state index is 5.89. The van der Waals surface area contributed by atoms with Crippen molar-refractivity contribution in [3.05, 3.63) is 83.9 Å². The van der Waals surface area contributed by atoms with E-state index in [1.54, 1.807) is 0 Å². The van der Waals surface area contributed by atoms with E-state index in [1.807, 2.05) is 36.4 Å². The second-order valence-corrected chi connectivity index (χ2v) is 6.37. The minimum Gasteiger partial charge on any atom is -0.376 e. The van der Waals surface area contributed by atoms with Gasteiger partial charge in [0.15, 0.2) is 0 Å². The molecule has 0 aliphatic carbocycles. The molecule has 0 amide bonds. The zero-order chi connectivity index (χ0) is 18.6. The summed E-state index contributed by atoms with van der Waals surface area (Å²) in [6.45, 7) is 10.7. The summed E-state index contributed by atoms with van der Waals surface area (Å²) in [5.74, 6) is 0.301. The molecule has 1 unspecified atom stereocenters. The van der Waals surface area contributed by atoms with Gasteiger partial charge in [0.05, 0.1) is 26.4 Å². The van der Waals surface area contributed by atoms with Gasteiger partial charge in [-0.25, -0.2) is 0 Å². The summed E-state index contributed by atoms with van der Waals surface area (Å²) < 4.78 is 11.8. The second-order valence-electron chi connectivity index (χ2n) is 6.37. The van der Waals surface area contributed by atoms with Crippen LogP contribution in [0.4, 0.5) is 0 Å². The molecule has 3 nitrogen and oxygen atoms in total. The molecule has 0 aromatic heterocycles. The monoisotopic (exact) mass is 351 g/mol. The summed E-state index contributed by atoms with van der Waals surface area (Å²) in [5.41, 5.74) is 10.3. The third-order valence-corrected chi connectivity index (χ3v) is 4.22. The predicted molar refractivity (Wildman–Crippen MR) is 110 cm³/mol. The molecule has 1 atom stereocenters. The highest BCUT2D eigenvalue weighted by atomic mass is 16.5. The lowest BCUT2D eigenvalue weighted by Crippen LogP contribution is -2.20. The standard InChI is InChI=1S/C23H29NO2/c1-3-19-8-10-21(11-9-19)15-25-17-23(12-13-24)18-26-16-22-7-5-6-20(4-2)14-22/h3-11,14,23H,1-2,12-13,15-18,24H2. The van der Waals surface area contributed by atoms with Crippen LogP contribution in [0.2, 0.25) is 0 Å². The Bertz CT molecular complexity index is 679. The Labute approximate surface area is 157 Å². The Morgan fingerprint density at radius 2 is 1.50 bits per heavy atom. The first kappa shape index (κ1) is 20.1. The number of nitrogens with two attached hydrogens (primary N) is 1. The smallest absolute Gasteiger partial charge is 0.0717 e. The first-order chi connectivity index (χ1) is 12.7. The van der Waals surface area contributed by atoms with Gasteiger partial charge in [-0.05, 0) is 41.3 Å². The molecular weight excluding hydrogens is 322 g/mol. The Balaban J connectivity index is 1.74. The van der Waals surface area contributed by atoms with Gasteiger partial charge in [0.25, 0.3) is 0 Å². The summed E-state index contributed by atoms with van der Waals surface area (Å²) in [6.07, 6.45) is 4.57. The van der Waals surface area contributed by atoms with E-state index in [0.717, 1.165) is 28.7 Å². The van der Waals surface area contributed by atoms with Gasteiger partial charge in [-0.1, -0.05) is 67.8 Å². The van der Waals surface area contributed by atoms with Crippen LogP contribution in [-0.2, 0) is 22.7 Å². The summed E-state index contributed by atoms with van der Waals surface area (Å²) >= 11 is 0. The fourth-order valence-corrected chi connectivity index (χ4v) is 2.70. The van der Waals surface area contributed by atoms with Crippen molar-refractivity contribution in [3.8, 4) is 0 Å². The highest BCUT2D eigenvalue weighted by Gasteiger charge is 2.09. The second kappa shape index (κ2) is 11.4. The predicted octanol–water partition coefficient (Wildman–Crippen LogP) is 4.67. The summed E-state index contributed by atoms with van der Waals surface area (Å²) in [5, 5.41) is 0. The van der Waals surface area contributed by atoms with Gasteiger partial charge in [0, 0.05) is 5.92 Å². The maximum Gasteiger partial charge on any atom is 0.0717 e. The van der Waals surface area contributed by atoms with E-state index >= 15 is 0 Å². The molecule has 0 saturated carbocycles. The fourth-order valence-electron chi connectivity index (χ4n) is 2.70. The van der Waals surface area contributed by atoms with Crippen LogP contribution in [0.15, 0.2) is 61.7 Å². The Morgan fingerprint density at radius 1 is 0.846 bits per heavy atom. The molecule has 0 spiro atoms. The van der Waals surface area contributed by atoms with Crippen LogP contribution >= 0.6 is 0 Å². The third kappa shape index (κ3) is 6.96. The molecule has 2 N–H and O–H groups in total. The van der Waals surface area contributed by atoms with Crippen molar-refractivity contribution in [2.45, 2.75) is 19.6 Å². The summed E-state index contributed by atoms with van der Waals surface area (Å²) in [4.78, 5) is 0. The largest absolute Gasteiger partial charge is 0.376 e. The van der Waals surface area contributed by atoms with Gasteiger partial charge >= 0.3 is 0 Å². The Morgan fingerprint density at radius 3 is 2.12 bits per heavy atom. The van der Waals surface area contributed by atoms with E-state index < -0.39 is 0 Å². The maximum absolute atomic E-state index is 5.89. The van der Waals surface area contributed by atoms with E-state index in [-0.39, 0.29) is 0 Å². The van der Waals surface area contributed by atoms with E-state index in [0.29, 0.717) is 38.9 Å². The van der Waals surface area contributed by atoms with Crippen molar-refractivity contribution < 1.29 is 9.47 Å². The Hall–Kier alpha value is -2.20. The van der Waals surface area contributed by atoms with Crippen LogP contribution in [0.5, 0.6) is 0 Å². The quantitative estimate of drug-likeness (QED) is 0.604. The fraction of sp³-hybridized carbons (Fsp3) is 0.304. The van der Waals surface area contributed by atoms with E-state index in [4.69, 9.17) is 15.2 Å². The SMILES string of the molecule is C=Cc1ccc(COCC(CCN)COCc2cccc(C=C)c2)cc1. The van der Waals surface area contributed by atoms with E-state index in [9.17, 15) is 0 Å². The van der Waals surface area contributed by atoms with E-state index in [2.05, 4.69) is 37.4 Å². The van der Waals surface area contributed by atoms with Gasteiger partial charge in [-0.3, -0.25) is 0 Å². The molecule has 0 radical (unpaired) electrons. The normalized spacial score (nSPS) is 11.9. The number of ether oxygens (including phenoxy) is 2. The number of benzene rings is 2. The minimum atomic E-state index is 0.301. The first-order valence-corrected chi connectivity index (χ1v) is 9.03. The lowest BCUT2D eigenvalue weighted by Gasteiger charge is -2.17. The molecular formula is C23H29NO2. The number of hydrogen-bond donors (Lipinski definition) is 1. The zero-order valence-electron chi connectivity index (χ0n) is 15.4. The minimum absolute atomic E-state index is 0.301. The van der Waals surface area contributed by atoms with Gasteiger partial charge in [0.1, 0.15) is 0 Å². The van der Waals surface area contributed by atoms with E-state index in [1.165, 1.54) is 0 Å². The summed E-state index contributed by atoms with van der Waals surface area (Å²) in [6, 6.07) is 16.4. The van der Waals surface area contributed by atoms with Crippen LogP contribution in [0.1, 0.15) is 28.7 Å². The molecule has 0 aliphatic rings. The van der Waals surface area contributed by atoms with Crippen LogP contribution in [0.25, 0.3) is 12.2 Å². The molecule has 3 heteroatoms. The number of rotatable bonds is 12. The molecule has 0 bridgehead atoms.